The van der Waals surface area contributed by atoms with Gasteiger partial charge < -0.3 is 5.32 Å². The Hall–Kier alpha value is -2.11. The summed E-state index contributed by atoms with van der Waals surface area (Å²) in [6, 6.07) is 4.09. The van der Waals surface area contributed by atoms with Crippen molar-refractivity contribution in [2.75, 3.05) is 5.75 Å². The van der Waals surface area contributed by atoms with E-state index in [9.17, 15) is 14.9 Å². The maximum Gasteiger partial charge on any atom is 0.263 e. The summed E-state index contributed by atoms with van der Waals surface area (Å²) in [7, 11) is 0. The minimum atomic E-state index is -0.764. The van der Waals surface area contributed by atoms with E-state index in [1.54, 1.807) is 12.1 Å². The predicted molar refractivity (Wildman–Crippen MR) is 109 cm³/mol. The highest BCUT2D eigenvalue weighted by Crippen LogP contribution is 2.27. The second-order valence-corrected chi connectivity index (χ2v) is 8.52. The Morgan fingerprint density at radius 2 is 2.19 bits per heavy atom. The van der Waals surface area contributed by atoms with Crippen LogP contribution >= 0.6 is 23.1 Å². The van der Waals surface area contributed by atoms with E-state index in [0.29, 0.717) is 34.8 Å². The van der Waals surface area contributed by atoms with Crippen molar-refractivity contribution >= 4 is 39.2 Å². The van der Waals surface area contributed by atoms with Gasteiger partial charge >= 0.3 is 0 Å². The smallest absolute Gasteiger partial charge is 0.263 e. The Labute approximate surface area is 166 Å². The van der Waals surface area contributed by atoms with E-state index in [1.165, 1.54) is 27.7 Å². The molecule has 0 spiro atoms. The third-order valence-corrected chi connectivity index (χ3v) is 6.53. The molecule has 0 bridgehead atoms. The Balaban J connectivity index is 1.75. The van der Waals surface area contributed by atoms with Gasteiger partial charge in [-0.1, -0.05) is 43.5 Å². The summed E-state index contributed by atoms with van der Waals surface area (Å²) in [5.74, 6) is -0.0849. The first-order valence-corrected chi connectivity index (χ1v) is 10.9. The molecule has 1 aliphatic rings. The topological polar surface area (TPSA) is 87.8 Å². The Morgan fingerprint density at radius 3 is 2.85 bits per heavy atom. The normalized spacial score (nSPS) is 16.4. The van der Waals surface area contributed by atoms with Gasteiger partial charge in [0.1, 0.15) is 10.4 Å². The fourth-order valence-electron chi connectivity index (χ4n) is 3.36. The van der Waals surface area contributed by atoms with E-state index in [1.807, 2.05) is 5.38 Å². The largest absolute Gasteiger partial charge is 0.337 e. The minimum absolute atomic E-state index is 0.115. The third kappa shape index (κ3) is 4.42. The van der Waals surface area contributed by atoms with Crippen molar-refractivity contribution in [2.24, 2.45) is 0 Å². The SMILES string of the molecule is C=CCn1c(SCC(=O)NC2(C#N)CCCCCC2)nc2sccc2c1=O. The molecule has 0 unspecified atom stereocenters. The second-order valence-electron chi connectivity index (χ2n) is 6.68. The molecule has 1 amide bonds. The highest BCUT2D eigenvalue weighted by Gasteiger charge is 2.32. The third-order valence-electron chi connectivity index (χ3n) is 4.74. The average Bonchev–Trinajstić information content (AvgIpc) is 3.02. The molecule has 6 nitrogen and oxygen atoms in total. The maximum absolute atomic E-state index is 12.6. The Morgan fingerprint density at radius 1 is 1.44 bits per heavy atom. The van der Waals surface area contributed by atoms with Crippen LogP contribution in [-0.2, 0) is 11.3 Å². The summed E-state index contributed by atoms with van der Waals surface area (Å²) in [5, 5.41) is 15.5. The van der Waals surface area contributed by atoms with Crippen molar-refractivity contribution in [3.63, 3.8) is 0 Å². The first-order chi connectivity index (χ1) is 13.1. The van der Waals surface area contributed by atoms with Gasteiger partial charge in [-0.15, -0.1) is 17.9 Å². The lowest BCUT2D eigenvalue weighted by atomic mass is 9.92. The molecule has 1 N–H and O–H groups in total. The van der Waals surface area contributed by atoms with Crippen molar-refractivity contribution in [3.05, 3.63) is 34.5 Å². The van der Waals surface area contributed by atoms with Crippen LogP contribution in [0.1, 0.15) is 38.5 Å². The van der Waals surface area contributed by atoms with Gasteiger partial charge in [-0.05, 0) is 24.3 Å². The van der Waals surface area contributed by atoms with Crippen LogP contribution in [0.15, 0.2) is 34.1 Å². The maximum atomic E-state index is 12.6. The number of fused-ring (bicyclic) bond motifs is 1. The molecule has 0 radical (unpaired) electrons. The number of thiophene rings is 1. The number of nitrogens with one attached hydrogen (secondary N) is 1. The van der Waals surface area contributed by atoms with E-state index in [-0.39, 0.29) is 17.2 Å². The zero-order chi connectivity index (χ0) is 19.3. The van der Waals surface area contributed by atoms with Gasteiger partial charge in [-0.25, -0.2) is 4.98 Å². The van der Waals surface area contributed by atoms with E-state index >= 15 is 0 Å². The Bertz CT molecular complexity index is 933. The number of hydrogen-bond donors (Lipinski definition) is 1. The summed E-state index contributed by atoms with van der Waals surface area (Å²) in [6.45, 7) is 4.04. The van der Waals surface area contributed by atoms with Crippen LogP contribution in [0.5, 0.6) is 0 Å². The number of aromatic nitrogens is 2. The Kier molecular flexibility index (Phi) is 6.34. The first kappa shape index (κ1) is 19.6. The molecule has 2 aromatic rings. The number of thioether (sulfide) groups is 1. The molecule has 2 aromatic heterocycles. The summed E-state index contributed by atoms with van der Waals surface area (Å²) < 4.78 is 1.53. The summed E-state index contributed by atoms with van der Waals surface area (Å²) in [5.41, 5.74) is -0.888. The van der Waals surface area contributed by atoms with Crippen molar-refractivity contribution in [2.45, 2.75) is 55.8 Å². The number of nitriles is 1. The highest BCUT2D eigenvalue weighted by atomic mass is 32.2. The van der Waals surface area contributed by atoms with Gasteiger partial charge in [0.25, 0.3) is 5.56 Å². The van der Waals surface area contributed by atoms with Gasteiger partial charge in [0.15, 0.2) is 5.16 Å². The molecule has 2 heterocycles. The summed E-state index contributed by atoms with van der Waals surface area (Å²) in [6.07, 6.45) is 7.15. The van der Waals surface area contributed by atoms with E-state index in [4.69, 9.17) is 0 Å². The minimum Gasteiger partial charge on any atom is -0.337 e. The molecule has 0 atom stereocenters. The molecule has 1 fully saturated rings. The predicted octanol–water partition coefficient (Wildman–Crippen LogP) is 3.47. The summed E-state index contributed by atoms with van der Waals surface area (Å²) >= 11 is 2.62. The number of carbonyl (C=O) groups is 1. The van der Waals surface area contributed by atoms with E-state index in [2.05, 4.69) is 22.9 Å². The molecule has 0 saturated heterocycles. The van der Waals surface area contributed by atoms with Crippen LogP contribution in [0.3, 0.4) is 0 Å². The molecule has 1 aliphatic carbocycles. The molecule has 1 saturated carbocycles. The standard InChI is InChI=1S/C19H22N4O2S2/c1-2-10-23-17(25)14-7-11-26-16(14)21-18(23)27-12-15(24)22-19(13-20)8-5-3-4-6-9-19/h2,7,11H,1,3-6,8-10,12H2,(H,22,24). The van der Waals surface area contributed by atoms with Crippen LogP contribution < -0.4 is 10.9 Å². The molecule has 3 rings (SSSR count). The monoisotopic (exact) mass is 402 g/mol. The van der Waals surface area contributed by atoms with E-state index in [0.717, 1.165) is 25.7 Å². The van der Waals surface area contributed by atoms with Gasteiger partial charge in [0, 0.05) is 6.54 Å². The number of amides is 1. The van der Waals surface area contributed by atoms with E-state index < -0.39 is 5.54 Å². The van der Waals surface area contributed by atoms with Crippen LogP contribution in [0.4, 0.5) is 0 Å². The fourth-order valence-corrected chi connectivity index (χ4v) is 4.97. The van der Waals surface area contributed by atoms with Crippen LogP contribution in [0.2, 0.25) is 0 Å². The second kappa shape index (κ2) is 8.72. The van der Waals surface area contributed by atoms with Crippen molar-refractivity contribution in [1.29, 1.82) is 5.26 Å². The van der Waals surface area contributed by atoms with Gasteiger partial charge in [-0.2, -0.15) is 5.26 Å². The average molecular weight is 403 g/mol. The lowest BCUT2D eigenvalue weighted by molar-refractivity contribution is -0.120. The van der Waals surface area contributed by atoms with Crippen LogP contribution in [-0.4, -0.2) is 26.8 Å². The summed E-state index contributed by atoms with van der Waals surface area (Å²) in [4.78, 5) is 30.3. The fraction of sp³-hybridized carbons (Fsp3) is 0.474. The van der Waals surface area contributed by atoms with Crippen molar-refractivity contribution in [3.8, 4) is 6.07 Å². The number of nitrogens with zero attached hydrogens (tertiary/aromatic N) is 3. The van der Waals surface area contributed by atoms with Crippen molar-refractivity contribution < 1.29 is 4.79 Å². The molecule has 8 heteroatoms. The quantitative estimate of drug-likeness (QED) is 0.346. The van der Waals surface area contributed by atoms with Gasteiger partial charge in [0.05, 0.1) is 17.2 Å². The van der Waals surface area contributed by atoms with Gasteiger partial charge in [0.2, 0.25) is 5.91 Å². The van der Waals surface area contributed by atoms with Crippen LogP contribution in [0.25, 0.3) is 10.2 Å². The molecule has 142 valence electrons. The number of rotatable bonds is 6. The molecule has 27 heavy (non-hydrogen) atoms. The van der Waals surface area contributed by atoms with Crippen molar-refractivity contribution in [1.82, 2.24) is 14.9 Å². The van der Waals surface area contributed by atoms with Gasteiger partial charge in [-0.3, -0.25) is 14.2 Å². The zero-order valence-electron chi connectivity index (χ0n) is 15.1. The molecule has 0 aliphatic heterocycles. The number of hydrogen-bond acceptors (Lipinski definition) is 6. The molecular formula is C19H22N4O2S2. The lowest BCUT2D eigenvalue weighted by Gasteiger charge is -2.26. The van der Waals surface area contributed by atoms with Crippen LogP contribution in [0, 0.1) is 11.3 Å². The lowest BCUT2D eigenvalue weighted by Crippen LogP contribution is -2.47. The zero-order valence-corrected chi connectivity index (χ0v) is 16.7. The number of carbonyl (C=O) groups excluding carboxylic acids is 1. The molecular weight excluding hydrogens is 380 g/mol. The number of allylic oxidation sites excluding steroid dienone is 1. The highest BCUT2D eigenvalue weighted by molar-refractivity contribution is 7.99. The molecule has 0 aromatic carbocycles. The first-order valence-electron chi connectivity index (χ1n) is 9.02.